The first-order chi connectivity index (χ1) is 11.0. The van der Waals surface area contributed by atoms with E-state index in [1.807, 2.05) is 19.9 Å². The molecule has 2 unspecified atom stereocenters. The minimum absolute atomic E-state index is 0.0874. The zero-order chi connectivity index (χ0) is 16.8. The third kappa shape index (κ3) is 4.39. The molecule has 0 aliphatic carbocycles. The molecule has 0 bridgehead atoms. The number of ketones is 1. The SMILES string of the molecule is CCN1CCCC1C(N)C(=O)c1cccnc1OCC=C(C)C. The van der Waals surface area contributed by atoms with Crippen LogP contribution in [0, 0.1) is 0 Å². The van der Waals surface area contributed by atoms with Gasteiger partial charge in [0.05, 0.1) is 11.6 Å². The molecule has 1 aliphatic rings. The van der Waals surface area contributed by atoms with Gasteiger partial charge in [-0.25, -0.2) is 4.98 Å². The lowest BCUT2D eigenvalue weighted by molar-refractivity contribution is 0.0903. The van der Waals surface area contributed by atoms with Crippen molar-refractivity contribution in [3.63, 3.8) is 0 Å². The fourth-order valence-corrected chi connectivity index (χ4v) is 2.99. The van der Waals surface area contributed by atoms with Crippen LogP contribution in [0.4, 0.5) is 0 Å². The Morgan fingerprint density at radius 1 is 1.57 bits per heavy atom. The molecule has 0 spiro atoms. The van der Waals surface area contributed by atoms with E-state index in [0.717, 1.165) is 31.5 Å². The van der Waals surface area contributed by atoms with Crippen molar-refractivity contribution in [1.82, 2.24) is 9.88 Å². The highest BCUT2D eigenvalue weighted by Crippen LogP contribution is 2.23. The van der Waals surface area contributed by atoms with Crippen LogP contribution in [0.3, 0.4) is 0 Å². The van der Waals surface area contributed by atoms with E-state index in [4.69, 9.17) is 10.5 Å². The Morgan fingerprint density at radius 3 is 3.04 bits per heavy atom. The van der Waals surface area contributed by atoms with Crippen LogP contribution in [-0.4, -0.2) is 47.4 Å². The maximum atomic E-state index is 12.8. The summed E-state index contributed by atoms with van der Waals surface area (Å²) in [5, 5.41) is 0. The molecule has 1 aliphatic heterocycles. The van der Waals surface area contributed by atoms with Crippen LogP contribution < -0.4 is 10.5 Å². The Labute approximate surface area is 138 Å². The second-order valence-corrected chi connectivity index (χ2v) is 6.18. The highest BCUT2D eigenvalue weighted by molar-refractivity contribution is 6.02. The van der Waals surface area contributed by atoms with E-state index < -0.39 is 6.04 Å². The van der Waals surface area contributed by atoms with Crippen molar-refractivity contribution in [2.45, 2.75) is 45.7 Å². The fraction of sp³-hybridized carbons (Fsp3) is 0.556. The van der Waals surface area contributed by atoms with Crippen molar-refractivity contribution in [2.75, 3.05) is 19.7 Å². The molecule has 5 heteroatoms. The number of hydrogen-bond donors (Lipinski definition) is 1. The van der Waals surface area contributed by atoms with Crippen molar-refractivity contribution in [3.8, 4) is 5.88 Å². The highest BCUT2D eigenvalue weighted by atomic mass is 16.5. The van der Waals surface area contributed by atoms with E-state index in [1.54, 1.807) is 18.3 Å². The van der Waals surface area contributed by atoms with Gasteiger partial charge in [0.15, 0.2) is 5.78 Å². The molecule has 126 valence electrons. The lowest BCUT2D eigenvalue weighted by Gasteiger charge is -2.27. The number of allylic oxidation sites excluding steroid dienone is 1. The number of carbonyl (C=O) groups excluding carboxylic acids is 1. The average Bonchev–Trinajstić information content (AvgIpc) is 3.02. The van der Waals surface area contributed by atoms with Crippen LogP contribution in [-0.2, 0) is 0 Å². The molecule has 0 aromatic carbocycles. The van der Waals surface area contributed by atoms with E-state index in [9.17, 15) is 4.79 Å². The summed E-state index contributed by atoms with van der Waals surface area (Å²) in [6, 6.07) is 3.07. The number of ether oxygens (including phenoxy) is 1. The van der Waals surface area contributed by atoms with Crippen LogP contribution in [0.2, 0.25) is 0 Å². The smallest absolute Gasteiger partial charge is 0.224 e. The van der Waals surface area contributed by atoms with Gasteiger partial charge in [-0.1, -0.05) is 12.5 Å². The van der Waals surface area contributed by atoms with E-state index >= 15 is 0 Å². The molecule has 1 aromatic heterocycles. The summed E-state index contributed by atoms with van der Waals surface area (Å²) in [4.78, 5) is 19.3. The predicted octanol–water partition coefficient (Wildman–Crippen LogP) is 2.42. The zero-order valence-corrected chi connectivity index (χ0v) is 14.3. The number of pyridine rings is 1. The Hall–Kier alpha value is -1.72. The van der Waals surface area contributed by atoms with Crippen molar-refractivity contribution in [1.29, 1.82) is 0 Å². The summed E-state index contributed by atoms with van der Waals surface area (Å²) in [5.74, 6) is 0.280. The third-order valence-electron chi connectivity index (χ3n) is 4.29. The summed E-state index contributed by atoms with van der Waals surface area (Å²) < 4.78 is 5.66. The number of nitrogens with zero attached hydrogens (tertiary/aromatic N) is 2. The van der Waals surface area contributed by atoms with Crippen molar-refractivity contribution >= 4 is 5.78 Å². The first-order valence-electron chi connectivity index (χ1n) is 8.29. The van der Waals surface area contributed by atoms with Gasteiger partial charge in [-0.15, -0.1) is 0 Å². The number of nitrogens with two attached hydrogens (primary N) is 1. The summed E-state index contributed by atoms with van der Waals surface area (Å²) in [5.41, 5.74) is 7.92. The van der Waals surface area contributed by atoms with Gasteiger partial charge in [0.25, 0.3) is 0 Å². The van der Waals surface area contributed by atoms with Crippen molar-refractivity contribution in [2.24, 2.45) is 5.73 Å². The van der Waals surface area contributed by atoms with Gasteiger partial charge in [0.2, 0.25) is 5.88 Å². The molecule has 0 amide bonds. The number of Topliss-reactive ketones (excluding diaryl/α,β-unsaturated/α-hetero) is 1. The first kappa shape index (κ1) is 17.6. The number of likely N-dealkylation sites (N-methyl/N-ethyl adjacent to an activating group) is 1. The van der Waals surface area contributed by atoms with Gasteiger partial charge < -0.3 is 10.5 Å². The van der Waals surface area contributed by atoms with Gasteiger partial charge in [0, 0.05) is 12.2 Å². The summed E-state index contributed by atoms with van der Waals surface area (Å²) in [7, 11) is 0. The molecule has 23 heavy (non-hydrogen) atoms. The standard InChI is InChI=1S/C18H27N3O2/c1-4-21-11-6-8-15(21)16(19)17(22)14-7-5-10-20-18(14)23-12-9-13(2)3/h5,7,9-10,15-16H,4,6,8,11-12,19H2,1-3H3. The maximum absolute atomic E-state index is 12.8. The molecule has 1 aromatic rings. The summed E-state index contributed by atoms with van der Waals surface area (Å²) in [6.07, 6.45) is 5.65. The van der Waals surface area contributed by atoms with Crippen molar-refractivity contribution < 1.29 is 9.53 Å². The molecular weight excluding hydrogens is 290 g/mol. The topological polar surface area (TPSA) is 68.5 Å². The number of aromatic nitrogens is 1. The van der Waals surface area contributed by atoms with E-state index in [-0.39, 0.29) is 11.8 Å². The lowest BCUT2D eigenvalue weighted by Crippen LogP contribution is -2.48. The molecule has 0 saturated carbocycles. The average molecular weight is 317 g/mol. The van der Waals surface area contributed by atoms with Crippen molar-refractivity contribution in [3.05, 3.63) is 35.5 Å². The fourth-order valence-electron chi connectivity index (χ4n) is 2.99. The molecule has 2 N–H and O–H groups in total. The molecular formula is C18H27N3O2. The number of hydrogen-bond acceptors (Lipinski definition) is 5. The third-order valence-corrected chi connectivity index (χ3v) is 4.29. The Balaban J connectivity index is 2.13. The maximum Gasteiger partial charge on any atom is 0.224 e. The normalized spacial score (nSPS) is 19.4. The van der Waals surface area contributed by atoms with Crippen LogP contribution >= 0.6 is 0 Å². The largest absolute Gasteiger partial charge is 0.473 e. The number of rotatable bonds is 7. The van der Waals surface area contributed by atoms with Gasteiger partial charge in [-0.2, -0.15) is 0 Å². The van der Waals surface area contributed by atoms with Crippen LogP contribution in [0.15, 0.2) is 30.0 Å². The second kappa shape index (κ2) is 8.22. The quantitative estimate of drug-likeness (QED) is 0.618. The second-order valence-electron chi connectivity index (χ2n) is 6.18. The minimum Gasteiger partial charge on any atom is -0.473 e. The Bertz CT molecular complexity index is 567. The minimum atomic E-state index is -0.535. The summed E-state index contributed by atoms with van der Waals surface area (Å²) in [6.45, 7) is 8.45. The van der Waals surface area contributed by atoms with Crippen LogP contribution in [0.5, 0.6) is 5.88 Å². The van der Waals surface area contributed by atoms with Crippen LogP contribution in [0.1, 0.15) is 44.0 Å². The van der Waals surface area contributed by atoms with Gasteiger partial charge in [0.1, 0.15) is 6.61 Å². The molecule has 2 atom stereocenters. The number of carbonyl (C=O) groups is 1. The van der Waals surface area contributed by atoms with Crippen LogP contribution in [0.25, 0.3) is 0 Å². The molecule has 2 heterocycles. The zero-order valence-electron chi connectivity index (χ0n) is 14.3. The number of likely N-dealkylation sites (tertiary alicyclic amines) is 1. The summed E-state index contributed by atoms with van der Waals surface area (Å²) >= 11 is 0. The molecule has 5 nitrogen and oxygen atoms in total. The first-order valence-corrected chi connectivity index (χ1v) is 8.29. The van der Waals surface area contributed by atoms with Gasteiger partial charge in [-0.05, 0) is 58.0 Å². The Morgan fingerprint density at radius 2 is 2.35 bits per heavy atom. The molecule has 1 fully saturated rings. The van der Waals surface area contributed by atoms with E-state index in [1.165, 1.54) is 0 Å². The van der Waals surface area contributed by atoms with Gasteiger partial charge in [-0.3, -0.25) is 9.69 Å². The lowest BCUT2D eigenvalue weighted by atomic mass is 9.97. The highest BCUT2D eigenvalue weighted by Gasteiger charge is 2.34. The Kier molecular flexibility index (Phi) is 6.30. The molecule has 2 rings (SSSR count). The molecule has 0 radical (unpaired) electrons. The van der Waals surface area contributed by atoms with E-state index in [2.05, 4.69) is 16.8 Å². The predicted molar refractivity (Wildman–Crippen MR) is 91.7 cm³/mol. The van der Waals surface area contributed by atoms with Gasteiger partial charge >= 0.3 is 0 Å². The molecule has 1 saturated heterocycles. The van der Waals surface area contributed by atoms with E-state index in [0.29, 0.717) is 18.1 Å². The monoisotopic (exact) mass is 317 g/mol.